The Bertz CT molecular complexity index is 446. The van der Waals surface area contributed by atoms with Gasteiger partial charge in [-0.1, -0.05) is 18.2 Å². The molecule has 1 aromatic carbocycles. The predicted octanol–water partition coefficient (Wildman–Crippen LogP) is 0.325. The molecule has 6 nitrogen and oxygen atoms in total. The van der Waals surface area contributed by atoms with Crippen LogP contribution in [0.1, 0.15) is 17.3 Å². The van der Waals surface area contributed by atoms with Crippen molar-refractivity contribution < 1.29 is 29.2 Å². The lowest BCUT2D eigenvalue weighted by Gasteiger charge is -2.40. The fourth-order valence-corrected chi connectivity index (χ4v) is 2.08. The Morgan fingerprint density at radius 1 is 1.20 bits per heavy atom. The van der Waals surface area contributed by atoms with E-state index in [2.05, 4.69) is 0 Å². The molecule has 2 rings (SSSR count). The van der Waals surface area contributed by atoms with Gasteiger partial charge in [0.1, 0.15) is 12.2 Å². The highest BCUT2D eigenvalue weighted by Gasteiger charge is 2.45. The molecule has 0 spiro atoms. The zero-order valence-corrected chi connectivity index (χ0v) is 11.3. The van der Waals surface area contributed by atoms with Gasteiger partial charge < -0.3 is 24.4 Å². The summed E-state index contributed by atoms with van der Waals surface area (Å²) in [4.78, 5) is 12.0. The highest BCUT2D eigenvalue weighted by Crippen LogP contribution is 2.24. The first-order valence-corrected chi connectivity index (χ1v) is 6.35. The standard InChI is InChI=1S/C14H18O6/c1-8-10(15)11(16)12(14(18-2)19-8)20-13(17)9-6-4-3-5-7-9/h3-8,10-12,14-16H,1-2H3/t8-,10+,11+,12-,14-/m1/s1. The molecule has 20 heavy (non-hydrogen) atoms. The van der Waals surface area contributed by atoms with Crippen LogP contribution in [0.25, 0.3) is 0 Å². The van der Waals surface area contributed by atoms with Gasteiger partial charge in [-0.3, -0.25) is 0 Å². The number of carbonyl (C=O) groups excluding carboxylic acids is 1. The van der Waals surface area contributed by atoms with Crippen LogP contribution in [0, 0.1) is 0 Å². The first kappa shape index (κ1) is 14.9. The van der Waals surface area contributed by atoms with Gasteiger partial charge in [0.2, 0.25) is 0 Å². The van der Waals surface area contributed by atoms with Gasteiger partial charge in [0.05, 0.1) is 11.7 Å². The number of hydrogen-bond acceptors (Lipinski definition) is 6. The second-order valence-corrected chi connectivity index (χ2v) is 4.66. The Labute approximate surface area is 116 Å². The minimum absolute atomic E-state index is 0.350. The molecule has 0 bridgehead atoms. The zero-order valence-electron chi connectivity index (χ0n) is 11.3. The third kappa shape index (κ3) is 2.99. The van der Waals surface area contributed by atoms with Crippen LogP contribution < -0.4 is 0 Å². The molecule has 2 N–H and O–H groups in total. The van der Waals surface area contributed by atoms with Crippen molar-refractivity contribution >= 4 is 5.97 Å². The lowest BCUT2D eigenvalue weighted by molar-refractivity contribution is -0.285. The van der Waals surface area contributed by atoms with Gasteiger partial charge in [-0.2, -0.15) is 0 Å². The van der Waals surface area contributed by atoms with Crippen molar-refractivity contribution in [2.24, 2.45) is 0 Å². The molecule has 1 saturated heterocycles. The van der Waals surface area contributed by atoms with Crippen molar-refractivity contribution in [2.45, 2.75) is 37.6 Å². The first-order valence-electron chi connectivity index (χ1n) is 6.35. The number of hydrogen-bond donors (Lipinski definition) is 2. The van der Waals surface area contributed by atoms with Gasteiger partial charge in [-0.15, -0.1) is 0 Å². The molecular formula is C14H18O6. The lowest BCUT2D eigenvalue weighted by atomic mass is 10.00. The minimum Gasteiger partial charge on any atom is -0.450 e. The number of carbonyl (C=O) groups is 1. The third-order valence-corrected chi connectivity index (χ3v) is 3.27. The zero-order chi connectivity index (χ0) is 14.7. The van der Waals surface area contributed by atoms with Gasteiger partial charge in [0.15, 0.2) is 12.4 Å². The van der Waals surface area contributed by atoms with E-state index in [4.69, 9.17) is 14.2 Å². The van der Waals surface area contributed by atoms with E-state index < -0.39 is 36.7 Å². The van der Waals surface area contributed by atoms with Crippen LogP contribution in [-0.4, -0.2) is 54.0 Å². The summed E-state index contributed by atoms with van der Waals surface area (Å²) < 4.78 is 15.6. The number of benzene rings is 1. The van der Waals surface area contributed by atoms with Gasteiger partial charge >= 0.3 is 5.97 Å². The van der Waals surface area contributed by atoms with Gasteiger partial charge in [0, 0.05) is 7.11 Å². The van der Waals surface area contributed by atoms with Crippen LogP contribution in [0.5, 0.6) is 0 Å². The first-order chi connectivity index (χ1) is 9.54. The largest absolute Gasteiger partial charge is 0.450 e. The van der Waals surface area contributed by atoms with Crippen molar-refractivity contribution in [1.29, 1.82) is 0 Å². The Morgan fingerprint density at radius 3 is 2.45 bits per heavy atom. The molecule has 1 fully saturated rings. The smallest absolute Gasteiger partial charge is 0.338 e. The predicted molar refractivity (Wildman–Crippen MR) is 69.0 cm³/mol. The average Bonchev–Trinajstić information content (AvgIpc) is 2.48. The molecule has 0 saturated carbocycles. The second kappa shape index (κ2) is 6.32. The van der Waals surface area contributed by atoms with Gasteiger partial charge in [-0.25, -0.2) is 4.79 Å². The summed E-state index contributed by atoms with van der Waals surface area (Å²) in [6.07, 6.45) is -5.03. The van der Waals surface area contributed by atoms with Crippen molar-refractivity contribution in [1.82, 2.24) is 0 Å². The molecule has 1 aliphatic heterocycles. The van der Waals surface area contributed by atoms with Gasteiger partial charge in [0.25, 0.3) is 0 Å². The number of methoxy groups -OCH3 is 1. The Hall–Kier alpha value is -1.47. The van der Waals surface area contributed by atoms with Crippen LogP contribution in [0.2, 0.25) is 0 Å². The molecule has 0 aliphatic carbocycles. The van der Waals surface area contributed by atoms with E-state index in [0.717, 1.165) is 0 Å². The number of aliphatic hydroxyl groups is 2. The third-order valence-electron chi connectivity index (χ3n) is 3.27. The second-order valence-electron chi connectivity index (χ2n) is 4.66. The van der Waals surface area contributed by atoms with Crippen LogP contribution >= 0.6 is 0 Å². The molecule has 0 radical (unpaired) electrons. The summed E-state index contributed by atoms with van der Waals surface area (Å²) >= 11 is 0. The average molecular weight is 282 g/mol. The normalized spacial score (nSPS) is 33.7. The number of rotatable bonds is 3. The molecule has 1 aliphatic rings. The van der Waals surface area contributed by atoms with E-state index in [1.807, 2.05) is 0 Å². The Balaban J connectivity index is 2.11. The SMILES string of the molecule is CO[C@@H]1O[C@H](C)[C@H](O)[C@H](O)[C@H]1OC(=O)c1ccccc1. The highest BCUT2D eigenvalue weighted by atomic mass is 16.7. The Morgan fingerprint density at radius 2 is 1.85 bits per heavy atom. The summed E-state index contributed by atoms with van der Waals surface area (Å²) in [5, 5.41) is 19.8. The Kier molecular flexibility index (Phi) is 4.72. The molecular weight excluding hydrogens is 264 g/mol. The van der Waals surface area contributed by atoms with E-state index in [9.17, 15) is 15.0 Å². The van der Waals surface area contributed by atoms with Gasteiger partial charge in [-0.05, 0) is 19.1 Å². The van der Waals surface area contributed by atoms with Crippen molar-refractivity contribution in [3.05, 3.63) is 35.9 Å². The maximum Gasteiger partial charge on any atom is 0.338 e. The minimum atomic E-state index is -1.27. The van der Waals surface area contributed by atoms with Crippen LogP contribution in [-0.2, 0) is 14.2 Å². The van der Waals surface area contributed by atoms with Crippen LogP contribution in [0.4, 0.5) is 0 Å². The molecule has 5 atom stereocenters. The van der Waals surface area contributed by atoms with Crippen molar-refractivity contribution in [2.75, 3.05) is 7.11 Å². The summed E-state index contributed by atoms with van der Waals surface area (Å²) in [7, 11) is 1.38. The van der Waals surface area contributed by atoms with Crippen molar-refractivity contribution in [3.8, 4) is 0 Å². The van der Waals surface area contributed by atoms with Crippen LogP contribution in [0.3, 0.4) is 0 Å². The maximum atomic E-state index is 12.0. The summed E-state index contributed by atoms with van der Waals surface area (Å²) in [6, 6.07) is 8.38. The van der Waals surface area contributed by atoms with Crippen molar-refractivity contribution in [3.63, 3.8) is 0 Å². The summed E-state index contributed by atoms with van der Waals surface area (Å²) in [6.45, 7) is 1.61. The molecule has 110 valence electrons. The monoisotopic (exact) mass is 282 g/mol. The molecule has 6 heteroatoms. The van der Waals surface area contributed by atoms with E-state index >= 15 is 0 Å². The summed E-state index contributed by atoms with van der Waals surface area (Å²) in [5.74, 6) is -0.609. The molecule has 1 heterocycles. The number of esters is 1. The quantitative estimate of drug-likeness (QED) is 0.777. The topological polar surface area (TPSA) is 85.2 Å². The maximum absolute atomic E-state index is 12.0. The van der Waals surface area contributed by atoms with E-state index in [1.165, 1.54) is 7.11 Å². The van der Waals surface area contributed by atoms with E-state index in [-0.39, 0.29) is 0 Å². The number of ether oxygens (including phenoxy) is 3. The fourth-order valence-electron chi connectivity index (χ4n) is 2.08. The lowest BCUT2D eigenvalue weighted by Crippen LogP contribution is -2.58. The van der Waals surface area contributed by atoms with E-state index in [0.29, 0.717) is 5.56 Å². The molecule has 0 unspecified atom stereocenters. The molecule has 1 aromatic rings. The fraction of sp³-hybridized carbons (Fsp3) is 0.500. The van der Waals surface area contributed by atoms with Crippen LogP contribution in [0.15, 0.2) is 30.3 Å². The summed E-state index contributed by atoms with van der Waals surface area (Å²) in [5.41, 5.74) is 0.350. The highest BCUT2D eigenvalue weighted by molar-refractivity contribution is 5.89. The van der Waals surface area contributed by atoms with E-state index in [1.54, 1.807) is 37.3 Å². The molecule has 0 aromatic heterocycles. The number of aliphatic hydroxyl groups excluding tert-OH is 2. The molecule has 0 amide bonds.